The number of carbonyl (C=O) groups is 1. The number of carboxylic acid groups (broad SMARTS) is 1. The topological polar surface area (TPSA) is 82.9 Å². The predicted molar refractivity (Wildman–Crippen MR) is 164 cm³/mol. The highest BCUT2D eigenvalue weighted by molar-refractivity contribution is 7.80. The Morgan fingerprint density at radius 2 is 1.73 bits per heavy atom. The highest BCUT2D eigenvalue weighted by Crippen LogP contribution is 2.44. The summed E-state index contributed by atoms with van der Waals surface area (Å²) in [6, 6.07) is 21.6. The molecule has 8 nitrogen and oxygen atoms in total. The molecular formula is C32H33N5O3S. The van der Waals surface area contributed by atoms with Crippen molar-refractivity contribution in [2.75, 3.05) is 36.1 Å². The van der Waals surface area contributed by atoms with Crippen LogP contribution in [0.1, 0.15) is 50.7 Å². The van der Waals surface area contributed by atoms with Gasteiger partial charge in [-0.15, -0.1) is 0 Å². The van der Waals surface area contributed by atoms with E-state index < -0.39 is 5.97 Å². The SMILES string of the molecule is Cc1ccc(C(=O)O)cc1-n1c(C)cc(C2C(c3ccccn3)NC(=S)N2c2ccc(N3CCOCC3)cc2)c1C. The van der Waals surface area contributed by atoms with Gasteiger partial charge in [-0.2, -0.15) is 0 Å². The normalized spacial score (nSPS) is 19.0. The molecule has 2 aromatic heterocycles. The Labute approximate surface area is 245 Å². The molecule has 2 N–H and O–H groups in total. The van der Waals surface area contributed by atoms with Crippen molar-refractivity contribution in [2.45, 2.75) is 32.9 Å². The third-order valence-corrected chi connectivity index (χ3v) is 8.40. The highest BCUT2D eigenvalue weighted by atomic mass is 32.1. The van der Waals surface area contributed by atoms with Crippen molar-refractivity contribution in [3.05, 3.63) is 107 Å². The first-order valence-electron chi connectivity index (χ1n) is 13.8. The molecule has 2 aromatic carbocycles. The number of rotatable bonds is 6. The molecule has 0 bridgehead atoms. The van der Waals surface area contributed by atoms with Gasteiger partial charge in [0.1, 0.15) is 0 Å². The quantitative estimate of drug-likeness (QED) is 0.295. The van der Waals surface area contributed by atoms with E-state index in [0.29, 0.717) is 5.11 Å². The number of hydrogen-bond donors (Lipinski definition) is 2. The van der Waals surface area contributed by atoms with E-state index in [9.17, 15) is 9.90 Å². The summed E-state index contributed by atoms with van der Waals surface area (Å²) in [5.41, 5.74) is 8.33. The molecule has 0 saturated carbocycles. The minimum atomic E-state index is -0.943. The van der Waals surface area contributed by atoms with Crippen LogP contribution in [0.4, 0.5) is 11.4 Å². The molecule has 0 amide bonds. The largest absolute Gasteiger partial charge is 0.478 e. The molecule has 2 fully saturated rings. The Bertz CT molecular complexity index is 1600. The molecule has 0 aliphatic carbocycles. The number of aromatic nitrogens is 2. The molecule has 2 aliphatic heterocycles. The van der Waals surface area contributed by atoms with Gasteiger partial charge < -0.3 is 29.5 Å². The van der Waals surface area contributed by atoms with Crippen LogP contribution in [0.3, 0.4) is 0 Å². The van der Waals surface area contributed by atoms with Crippen LogP contribution in [0.5, 0.6) is 0 Å². The van der Waals surface area contributed by atoms with E-state index in [1.807, 2.05) is 31.2 Å². The van der Waals surface area contributed by atoms with Crippen molar-refractivity contribution in [1.82, 2.24) is 14.9 Å². The van der Waals surface area contributed by atoms with E-state index in [1.54, 1.807) is 18.3 Å². The number of nitrogens with one attached hydrogen (secondary N) is 1. The maximum absolute atomic E-state index is 11.8. The summed E-state index contributed by atoms with van der Waals surface area (Å²) in [4.78, 5) is 21.0. The van der Waals surface area contributed by atoms with Crippen molar-refractivity contribution in [2.24, 2.45) is 0 Å². The molecular weight excluding hydrogens is 534 g/mol. The van der Waals surface area contributed by atoms with Crippen LogP contribution in [-0.2, 0) is 4.74 Å². The summed E-state index contributed by atoms with van der Waals surface area (Å²) < 4.78 is 7.67. The zero-order chi connectivity index (χ0) is 28.7. The van der Waals surface area contributed by atoms with E-state index in [-0.39, 0.29) is 17.6 Å². The molecule has 2 saturated heterocycles. The number of benzene rings is 2. The monoisotopic (exact) mass is 567 g/mol. The van der Waals surface area contributed by atoms with E-state index in [0.717, 1.165) is 65.9 Å². The lowest BCUT2D eigenvalue weighted by Crippen LogP contribution is -2.36. The van der Waals surface area contributed by atoms with Crippen molar-refractivity contribution in [3.8, 4) is 5.69 Å². The van der Waals surface area contributed by atoms with Gasteiger partial charge in [0.05, 0.1) is 36.6 Å². The molecule has 6 rings (SSSR count). The predicted octanol–water partition coefficient (Wildman–Crippen LogP) is 5.51. The Morgan fingerprint density at radius 3 is 2.41 bits per heavy atom. The number of anilines is 2. The van der Waals surface area contributed by atoms with Gasteiger partial charge in [-0.3, -0.25) is 4.98 Å². The maximum Gasteiger partial charge on any atom is 0.335 e. The molecule has 0 spiro atoms. The van der Waals surface area contributed by atoms with E-state index in [1.165, 1.54) is 5.69 Å². The lowest BCUT2D eigenvalue weighted by molar-refractivity contribution is 0.0697. The minimum Gasteiger partial charge on any atom is -0.478 e. The van der Waals surface area contributed by atoms with Crippen LogP contribution >= 0.6 is 12.2 Å². The summed E-state index contributed by atoms with van der Waals surface area (Å²) >= 11 is 5.97. The molecule has 2 aliphatic rings. The summed E-state index contributed by atoms with van der Waals surface area (Å²) in [5.74, 6) is -0.943. The molecule has 9 heteroatoms. The fourth-order valence-electron chi connectivity index (χ4n) is 6.04. The number of morpholine rings is 1. The van der Waals surface area contributed by atoms with Crippen LogP contribution in [0.15, 0.2) is 72.9 Å². The number of hydrogen-bond acceptors (Lipinski definition) is 5. The number of aromatic carboxylic acids is 1. The molecule has 41 heavy (non-hydrogen) atoms. The van der Waals surface area contributed by atoms with Crippen molar-refractivity contribution in [3.63, 3.8) is 0 Å². The molecule has 4 heterocycles. The average molecular weight is 568 g/mol. The number of nitrogens with zero attached hydrogens (tertiary/aromatic N) is 4. The Morgan fingerprint density at radius 1 is 1.00 bits per heavy atom. The van der Waals surface area contributed by atoms with Crippen molar-refractivity contribution >= 4 is 34.7 Å². The first kappa shape index (κ1) is 27.0. The number of thiocarbonyl (C=S) groups is 1. The second-order valence-corrected chi connectivity index (χ2v) is 11.0. The van der Waals surface area contributed by atoms with E-state index >= 15 is 0 Å². The maximum atomic E-state index is 11.8. The summed E-state index contributed by atoms with van der Waals surface area (Å²) in [5, 5.41) is 13.9. The molecule has 4 aromatic rings. The zero-order valence-corrected chi connectivity index (χ0v) is 24.2. The van der Waals surface area contributed by atoms with Crippen molar-refractivity contribution in [1.29, 1.82) is 0 Å². The third-order valence-electron chi connectivity index (χ3n) is 8.09. The number of carboxylic acids is 1. The van der Waals surface area contributed by atoms with Crippen LogP contribution < -0.4 is 15.1 Å². The summed E-state index contributed by atoms with van der Waals surface area (Å²) in [6.07, 6.45) is 1.81. The highest BCUT2D eigenvalue weighted by Gasteiger charge is 2.42. The van der Waals surface area contributed by atoms with Crippen LogP contribution in [0, 0.1) is 20.8 Å². The van der Waals surface area contributed by atoms with Gasteiger partial charge in [-0.25, -0.2) is 4.79 Å². The second kappa shape index (κ2) is 11.0. The van der Waals surface area contributed by atoms with Gasteiger partial charge in [-0.1, -0.05) is 12.1 Å². The van der Waals surface area contributed by atoms with Gasteiger partial charge in [0.2, 0.25) is 0 Å². The fraction of sp³-hybridized carbons (Fsp3) is 0.281. The standard InChI is InChI=1S/C32H33N5O3S/c1-20-7-8-23(31(38)39)19-28(20)36-21(2)18-26(22(36)3)30-29(27-6-4-5-13-33-27)34-32(41)37(30)25-11-9-24(10-12-25)35-14-16-40-17-15-35/h4-13,18-19,29-30H,14-17H2,1-3H3,(H,34,41)(H,38,39). The van der Waals surface area contributed by atoms with E-state index in [4.69, 9.17) is 21.9 Å². The minimum absolute atomic E-state index is 0.172. The number of aryl methyl sites for hydroxylation is 2. The van der Waals surface area contributed by atoms with Gasteiger partial charge >= 0.3 is 5.97 Å². The molecule has 2 atom stereocenters. The Hall–Kier alpha value is -4.21. The lowest BCUT2D eigenvalue weighted by Gasteiger charge is -2.31. The number of ether oxygens (including phenoxy) is 1. The van der Waals surface area contributed by atoms with Gasteiger partial charge in [0.15, 0.2) is 5.11 Å². The van der Waals surface area contributed by atoms with Crippen LogP contribution in [0.2, 0.25) is 0 Å². The Balaban J connectivity index is 1.45. The Kier molecular flexibility index (Phi) is 7.23. The molecule has 0 radical (unpaired) electrons. The van der Waals surface area contributed by atoms with Gasteiger partial charge in [0.25, 0.3) is 0 Å². The molecule has 2 unspecified atom stereocenters. The van der Waals surface area contributed by atoms with Crippen LogP contribution in [0.25, 0.3) is 5.69 Å². The lowest BCUT2D eigenvalue weighted by atomic mass is 9.96. The van der Waals surface area contributed by atoms with Gasteiger partial charge in [0, 0.05) is 47.7 Å². The average Bonchev–Trinajstić information content (AvgIpc) is 3.48. The smallest absolute Gasteiger partial charge is 0.335 e. The summed E-state index contributed by atoms with van der Waals surface area (Å²) in [6.45, 7) is 9.38. The van der Waals surface area contributed by atoms with Crippen LogP contribution in [-0.4, -0.2) is 52.0 Å². The van der Waals surface area contributed by atoms with Gasteiger partial charge in [-0.05, 0) is 98.7 Å². The summed E-state index contributed by atoms with van der Waals surface area (Å²) in [7, 11) is 0. The first-order valence-corrected chi connectivity index (χ1v) is 14.2. The third kappa shape index (κ3) is 4.96. The number of pyridine rings is 1. The molecule has 210 valence electrons. The second-order valence-electron chi connectivity index (χ2n) is 10.6. The van der Waals surface area contributed by atoms with E-state index in [2.05, 4.69) is 63.9 Å². The fourth-order valence-corrected chi connectivity index (χ4v) is 6.38. The zero-order valence-electron chi connectivity index (χ0n) is 23.4. The van der Waals surface area contributed by atoms with Crippen molar-refractivity contribution < 1.29 is 14.6 Å². The first-order chi connectivity index (χ1) is 19.8.